The van der Waals surface area contributed by atoms with Crippen LogP contribution in [0.5, 0.6) is 11.5 Å². The minimum absolute atomic E-state index is 0.127. The van der Waals surface area contributed by atoms with E-state index in [0.29, 0.717) is 13.2 Å². The van der Waals surface area contributed by atoms with Crippen LogP contribution in [0.2, 0.25) is 0 Å². The molecule has 0 bridgehead atoms. The van der Waals surface area contributed by atoms with Gasteiger partial charge in [0.2, 0.25) is 5.91 Å². The van der Waals surface area contributed by atoms with Crippen LogP contribution in [-0.2, 0) is 11.2 Å². The van der Waals surface area contributed by atoms with Crippen LogP contribution in [0.1, 0.15) is 36.3 Å². The summed E-state index contributed by atoms with van der Waals surface area (Å²) in [6.45, 7) is 8.94. The lowest BCUT2D eigenvalue weighted by Gasteiger charge is -2.11. The molecule has 0 spiro atoms. The molecule has 3 rings (SSSR count). The Kier molecular flexibility index (Phi) is 6.83. The van der Waals surface area contributed by atoms with Gasteiger partial charge < -0.3 is 19.2 Å². The molecule has 1 amide bonds. The van der Waals surface area contributed by atoms with Gasteiger partial charge in [0, 0.05) is 29.6 Å². The van der Waals surface area contributed by atoms with Crippen molar-refractivity contribution in [1.82, 2.24) is 5.32 Å². The second-order valence-electron chi connectivity index (χ2n) is 7.28. The number of hydrogen-bond acceptors (Lipinski definition) is 4. The minimum Gasteiger partial charge on any atom is -0.497 e. The number of benzene rings is 2. The van der Waals surface area contributed by atoms with Gasteiger partial charge >= 0.3 is 0 Å². The number of hydrogen-bond donors (Lipinski definition) is 1. The van der Waals surface area contributed by atoms with Crippen LogP contribution < -0.4 is 14.8 Å². The van der Waals surface area contributed by atoms with E-state index in [1.165, 1.54) is 0 Å². The molecule has 0 radical (unpaired) electrons. The number of aryl methyl sites for hydroxylation is 2. The second-order valence-corrected chi connectivity index (χ2v) is 7.28. The Hall–Kier alpha value is -3.21. The topological polar surface area (TPSA) is 60.7 Å². The molecule has 5 nitrogen and oxygen atoms in total. The van der Waals surface area contributed by atoms with Gasteiger partial charge in [-0.15, -0.1) is 0 Å². The average Bonchev–Trinajstić information content (AvgIpc) is 3.00. The number of carbonyl (C=O) groups excluding carboxylic acids is 1. The van der Waals surface area contributed by atoms with Crippen molar-refractivity contribution in [3.05, 3.63) is 64.9 Å². The van der Waals surface area contributed by atoms with E-state index in [1.807, 2.05) is 64.1 Å². The molecule has 0 aliphatic rings. The van der Waals surface area contributed by atoms with E-state index in [1.54, 1.807) is 13.2 Å². The molecule has 1 N–H and O–H groups in total. The van der Waals surface area contributed by atoms with Crippen LogP contribution in [0.3, 0.4) is 0 Å². The number of carbonyl (C=O) groups is 1. The van der Waals surface area contributed by atoms with Gasteiger partial charge in [0.25, 0.3) is 0 Å². The van der Waals surface area contributed by atoms with Crippen LogP contribution in [0.25, 0.3) is 16.5 Å². The summed E-state index contributed by atoms with van der Waals surface area (Å²) in [5.41, 5.74) is 4.76. The first kappa shape index (κ1) is 21.5. The highest BCUT2D eigenvalue weighted by molar-refractivity contribution is 5.97. The molecule has 0 fully saturated rings. The Bertz CT molecular complexity index is 1080. The van der Waals surface area contributed by atoms with Gasteiger partial charge in [-0.3, -0.25) is 4.79 Å². The number of rotatable bonds is 8. The quantitative estimate of drug-likeness (QED) is 0.520. The third kappa shape index (κ3) is 4.85. The summed E-state index contributed by atoms with van der Waals surface area (Å²) in [4.78, 5) is 12.5. The van der Waals surface area contributed by atoms with Gasteiger partial charge in [0.15, 0.2) is 0 Å². The zero-order valence-corrected chi connectivity index (χ0v) is 18.3. The fourth-order valence-electron chi connectivity index (χ4n) is 3.44. The fraction of sp³-hybridized carbons (Fsp3) is 0.320. The molecule has 0 saturated carbocycles. The molecule has 2 aromatic carbocycles. The van der Waals surface area contributed by atoms with Crippen LogP contribution in [0, 0.1) is 13.8 Å². The molecule has 0 unspecified atom stereocenters. The Morgan fingerprint density at radius 1 is 1.20 bits per heavy atom. The van der Waals surface area contributed by atoms with Crippen LogP contribution in [-0.4, -0.2) is 26.2 Å². The lowest BCUT2D eigenvalue weighted by Crippen LogP contribution is -2.23. The van der Waals surface area contributed by atoms with Crippen molar-refractivity contribution in [2.45, 2.75) is 34.1 Å². The molecule has 0 saturated heterocycles. The minimum atomic E-state index is -0.127. The number of methoxy groups -OCH3 is 1. The van der Waals surface area contributed by atoms with Gasteiger partial charge in [0.1, 0.15) is 22.8 Å². The third-order valence-corrected chi connectivity index (χ3v) is 5.20. The van der Waals surface area contributed by atoms with Crippen molar-refractivity contribution < 1.29 is 18.7 Å². The zero-order valence-electron chi connectivity index (χ0n) is 18.3. The maximum atomic E-state index is 12.5. The van der Waals surface area contributed by atoms with Gasteiger partial charge in [-0.25, -0.2) is 0 Å². The molecule has 0 aliphatic carbocycles. The number of fused-ring (bicyclic) bond motifs is 1. The predicted molar refractivity (Wildman–Crippen MR) is 120 cm³/mol. The largest absolute Gasteiger partial charge is 0.497 e. The van der Waals surface area contributed by atoms with E-state index in [9.17, 15) is 4.79 Å². The molecule has 0 aliphatic heterocycles. The van der Waals surface area contributed by atoms with Crippen molar-refractivity contribution >= 4 is 22.4 Å². The Morgan fingerprint density at radius 2 is 2.00 bits per heavy atom. The number of amides is 1. The number of ether oxygens (including phenoxy) is 2. The number of nitrogens with one attached hydrogen (secondary N) is 1. The average molecular weight is 408 g/mol. The molecule has 3 aromatic rings. The molecule has 5 heteroatoms. The maximum absolute atomic E-state index is 12.5. The van der Waals surface area contributed by atoms with E-state index < -0.39 is 0 Å². The first-order valence-corrected chi connectivity index (χ1v) is 10.2. The summed E-state index contributed by atoms with van der Waals surface area (Å²) in [5.74, 6) is 2.30. The summed E-state index contributed by atoms with van der Waals surface area (Å²) in [5, 5.41) is 4.00. The molecular formula is C25H29NO4. The highest BCUT2D eigenvalue weighted by Gasteiger charge is 2.14. The lowest BCUT2D eigenvalue weighted by molar-refractivity contribution is -0.116. The third-order valence-electron chi connectivity index (χ3n) is 5.20. The van der Waals surface area contributed by atoms with Crippen LogP contribution in [0.15, 0.2) is 46.9 Å². The maximum Gasteiger partial charge on any atom is 0.244 e. The van der Waals surface area contributed by atoms with E-state index in [0.717, 1.165) is 56.9 Å². The Morgan fingerprint density at radius 3 is 2.73 bits per heavy atom. The van der Waals surface area contributed by atoms with E-state index in [2.05, 4.69) is 5.32 Å². The summed E-state index contributed by atoms with van der Waals surface area (Å²) >= 11 is 0. The van der Waals surface area contributed by atoms with Gasteiger partial charge in [-0.05, 0) is 69.0 Å². The Balaban J connectivity index is 1.74. The SMILES string of the molecule is CCOc1cc2oc(C)c(C)c2cc1/C(C)=C/C(=O)NCCc1cccc(OC)c1. The highest BCUT2D eigenvalue weighted by Crippen LogP contribution is 2.35. The van der Waals surface area contributed by atoms with Gasteiger partial charge in [-0.1, -0.05) is 12.1 Å². The zero-order chi connectivity index (χ0) is 21.7. The van der Waals surface area contributed by atoms with Crippen molar-refractivity contribution in [2.75, 3.05) is 20.3 Å². The fourth-order valence-corrected chi connectivity index (χ4v) is 3.44. The molecule has 1 heterocycles. The van der Waals surface area contributed by atoms with Crippen molar-refractivity contribution in [2.24, 2.45) is 0 Å². The standard InChI is InChI=1S/C25H29NO4/c1-6-29-23-15-24-22(17(3)18(4)30-24)14-21(23)16(2)12-25(27)26-11-10-19-8-7-9-20(13-19)28-5/h7-9,12-15H,6,10-11H2,1-5H3,(H,26,27)/b16-12+. The summed E-state index contributed by atoms with van der Waals surface area (Å²) in [7, 11) is 1.65. The van der Waals surface area contributed by atoms with Crippen LogP contribution >= 0.6 is 0 Å². The Labute approximate surface area is 177 Å². The molecule has 0 atom stereocenters. The van der Waals surface area contributed by atoms with E-state index in [4.69, 9.17) is 13.9 Å². The summed E-state index contributed by atoms with van der Waals surface area (Å²) in [6.07, 6.45) is 2.36. The predicted octanol–water partition coefficient (Wildman–Crippen LogP) is 5.22. The monoisotopic (exact) mass is 407 g/mol. The lowest BCUT2D eigenvalue weighted by atomic mass is 10.0. The van der Waals surface area contributed by atoms with Gasteiger partial charge in [-0.2, -0.15) is 0 Å². The van der Waals surface area contributed by atoms with E-state index >= 15 is 0 Å². The normalized spacial score (nSPS) is 11.6. The first-order chi connectivity index (χ1) is 14.4. The van der Waals surface area contributed by atoms with Crippen molar-refractivity contribution in [1.29, 1.82) is 0 Å². The molecular weight excluding hydrogens is 378 g/mol. The highest BCUT2D eigenvalue weighted by atomic mass is 16.5. The summed E-state index contributed by atoms with van der Waals surface area (Å²) < 4.78 is 16.9. The smallest absolute Gasteiger partial charge is 0.244 e. The number of allylic oxidation sites excluding steroid dienone is 1. The molecule has 30 heavy (non-hydrogen) atoms. The molecule has 1 aromatic heterocycles. The van der Waals surface area contributed by atoms with E-state index in [-0.39, 0.29) is 5.91 Å². The first-order valence-electron chi connectivity index (χ1n) is 10.2. The molecule has 158 valence electrons. The van der Waals surface area contributed by atoms with Gasteiger partial charge in [0.05, 0.1) is 13.7 Å². The summed E-state index contributed by atoms with van der Waals surface area (Å²) in [6, 6.07) is 11.8. The van der Waals surface area contributed by atoms with Crippen molar-refractivity contribution in [3.63, 3.8) is 0 Å². The second kappa shape index (κ2) is 9.53. The number of furan rings is 1. The van der Waals surface area contributed by atoms with Crippen LogP contribution in [0.4, 0.5) is 0 Å². The van der Waals surface area contributed by atoms with Crippen molar-refractivity contribution in [3.8, 4) is 11.5 Å².